The highest BCUT2D eigenvalue weighted by atomic mass is 16.3. The van der Waals surface area contributed by atoms with Gasteiger partial charge in [-0.2, -0.15) is 0 Å². The van der Waals surface area contributed by atoms with E-state index in [1.807, 2.05) is 0 Å². The molecular weight excluding hydrogens is 631 g/mol. The first kappa shape index (κ1) is 30.0. The third kappa shape index (κ3) is 5.04. The highest BCUT2D eigenvalue weighted by Gasteiger charge is 2.23. The highest BCUT2D eigenvalue weighted by molar-refractivity contribution is 6.14. The number of rotatable bonds is 6. The van der Waals surface area contributed by atoms with E-state index >= 15 is 0 Å². The van der Waals surface area contributed by atoms with Gasteiger partial charge in [0.05, 0.1) is 17.1 Å². The van der Waals surface area contributed by atoms with Gasteiger partial charge in [-0.3, -0.25) is 0 Å². The minimum atomic E-state index is 0.892. The van der Waals surface area contributed by atoms with Gasteiger partial charge < -0.3 is 9.32 Å². The number of nitrogens with zero attached hydrogens (tertiary/aromatic N) is 1. The zero-order chi connectivity index (χ0) is 34.4. The molecule has 1 aromatic heterocycles. The molecule has 0 bridgehead atoms. The van der Waals surface area contributed by atoms with Crippen molar-refractivity contribution in [2.24, 2.45) is 0 Å². The lowest BCUT2D eigenvalue weighted by atomic mass is 9.96. The predicted octanol–water partition coefficient (Wildman–Crippen LogP) is 14.4. The first-order valence-corrected chi connectivity index (χ1v) is 17.8. The molecule has 0 aliphatic rings. The fraction of sp³-hybridized carbons (Fsp3) is 0. The Hall–Kier alpha value is -6.90. The van der Waals surface area contributed by atoms with Crippen LogP contribution in [-0.2, 0) is 0 Å². The van der Waals surface area contributed by atoms with Crippen LogP contribution in [0.15, 0.2) is 205 Å². The third-order valence-corrected chi connectivity index (χ3v) is 10.3. The molecule has 0 N–H and O–H groups in total. The van der Waals surface area contributed by atoms with Crippen molar-refractivity contribution in [1.29, 1.82) is 0 Å². The summed E-state index contributed by atoms with van der Waals surface area (Å²) in [6.45, 7) is 0. The van der Waals surface area contributed by atoms with E-state index in [1.165, 1.54) is 32.7 Å². The van der Waals surface area contributed by atoms with Crippen molar-refractivity contribution in [3.05, 3.63) is 200 Å². The number of hydrogen-bond donors (Lipinski definition) is 0. The Morgan fingerprint density at radius 2 is 0.827 bits per heavy atom. The summed E-state index contributed by atoms with van der Waals surface area (Å²) in [7, 11) is 0. The van der Waals surface area contributed by atoms with Gasteiger partial charge in [0.25, 0.3) is 0 Å². The summed E-state index contributed by atoms with van der Waals surface area (Å²) < 4.78 is 6.78. The normalized spacial score (nSPS) is 11.5. The largest absolute Gasteiger partial charge is 0.455 e. The zero-order valence-corrected chi connectivity index (χ0v) is 28.4. The monoisotopic (exact) mass is 663 g/mol. The molecule has 0 unspecified atom stereocenters. The molecule has 0 atom stereocenters. The van der Waals surface area contributed by atoms with Crippen LogP contribution >= 0.6 is 0 Å². The minimum Gasteiger partial charge on any atom is -0.455 e. The highest BCUT2D eigenvalue weighted by Crippen LogP contribution is 2.48. The molecule has 0 aliphatic carbocycles. The maximum Gasteiger partial charge on any atom is 0.143 e. The summed E-state index contributed by atoms with van der Waals surface area (Å²) in [6.07, 6.45) is 0. The van der Waals surface area contributed by atoms with E-state index in [-0.39, 0.29) is 0 Å². The summed E-state index contributed by atoms with van der Waals surface area (Å²) in [5.41, 5.74) is 11.9. The van der Waals surface area contributed by atoms with Gasteiger partial charge >= 0.3 is 0 Å². The van der Waals surface area contributed by atoms with Crippen LogP contribution < -0.4 is 4.90 Å². The van der Waals surface area contributed by atoms with Crippen LogP contribution in [0, 0.1) is 0 Å². The zero-order valence-electron chi connectivity index (χ0n) is 28.4. The smallest absolute Gasteiger partial charge is 0.143 e. The molecule has 0 radical (unpaired) electrons. The molecule has 0 saturated heterocycles. The average Bonchev–Trinajstić information content (AvgIpc) is 3.58. The molecular formula is C50H33NO. The first-order valence-electron chi connectivity index (χ1n) is 17.8. The van der Waals surface area contributed by atoms with Gasteiger partial charge in [-0.1, -0.05) is 170 Å². The van der Waals surface area contributed by atoms with Crippen molar-refractivity contribution >= 4 is 60.5 Å². The molecule has 0 spiro atoms. The second kappa shape index (κ2) is 12.5. The molecule has 10 rings (SSSR count). The van der Waals surface area contributed by atoms with Gasteiger partial charge in [-0.15, -0.1) is 0 Å². The molecule has 0 amide bonds. The van der Waals surface area contributed by atoms with Crippen molar-refractivity contribution < 1.29 is 4.42 Å². The van der Waals surface area contributed by atoms with Gasteiger partial charge in [0, 0.05) is 32.8 Å². The van der Waals surface area contributed by atoms with Crippen LogP contribution in [0.5, 0.6) is 0 Å². The number of hydrogen-bond acceptors (Lipinski definition) is 2. The Balaban J connectivity index is 1.21. The van der Waals surface area contributed by atoms with E-state index in [0.717, 1.165) is 61.3 Å². The maximum absolute atomic E-state index is 6.78. The van der Waals surface area contributed by atoms with Crippen molar-refractivity contribution in [1.82, 2.24) is 0 Å². The number of benzene rings is 9. The second-order valence-electron chi connectivity index (χ2n) is 13.3. The quantitative estimate of drug-likeness (QED) is 0.176. The first-order chi connectivity index (χ1) is 25.8. The van der Waals surface area contributed by atoms with Crippen LogP contribution in [0.3, 0.4) is 0 Å². The fourth-order valence-corrected chi connectivity index (χ4v) is 7.77. The van der Waals surface area contributed by atoms with E-state index in [0.29, 0.717) is 0 Å². The van der Waals surface area contributed by atoms with E-state index in [4.69, 9.17) is 4.42 Å². The van der Waals surface area contributed by atoms with Crippen molar-refractivity contribution in [3.63, 3.8) is 0 Å². The molecule has 2 nitrogen and oxygen atoms in total. The predicted molar refractivity (Wildman–Crippen MR) is 220 cm³/mol. The molecule has 244 valence electrons. The summed E-state index contributed by atoms with van der Waals surface area (Å²) in [5, 5.41) is 7.00. The summed E-state index contributed by atoms with van der Waals surface area (Å²) in [5.74, 6) is 0. The summed E-state index contributed by atoms with van der Waals surface area (Å²) >= 11 is 0. The van der Waals surface area contributed by atoms with E-state index in [9.17, 15) is 0 Å². The average molecular weight is 664 g/mol. The van der Waals surface area contributed by atoms with Crippen LogP contribution in [-0.4, -0.2) is 0 Å². The lowest BCUT2D eigenvalue weighted by Crippen LogP contribution is -2.13. The van der Waals surface area contributed by atoms with Crippen LogP contribution in [0.2, 0.25) is 0 Å². The second-order valence-corrected chi connectivity index (χ2v) is 13.3. The van der Waals surface area contributed by atoms with Crippen molar-refractivity contribution in [2.45, 2.75) is 0 Å². The van der Waals surface area contributed by atoms with Gasteiger partial charge in [0.1, 0.15) is 11.2 Å². The van der Waals surface area contributed by atoms with E-state index in [1.54, 1.807) is 0 Å². The number of anilines is 3. The van der Waals surface area contributed by atoms with Crippen LogP contribution in [0.4, 0.5) is 17.1 Å². The van der Waals surface area contributed by atoms with Gasteiger partial charge in [0.15, 0.2) is 0 Å². The molecule has 52 heavy (non-hydrogen) atoms. The standard InChI is InChI=1S/C50H33NO/c1-2-14-34(15-3-1)35-28-30-37(31-29-35)41-21-8-10-25-46(41)51(47-27-12-19-36-16-6-7-20-40(36)47)48-26-11-9-22-42(48)43-23-13-24-44-45-32-38-17-4-5-18-39(38)33-49(45)52-50(43)44/h1-33H. The van der Waals surface area contributed by atoms with Gasteiger partial charge in [-0.25, -0.2) is 0 Å². The molecule has 2 heteroatoms. The molecule has 0 aliphatic heterocycles. The number of para-hydroxylation sites is 3. The van der Waals surface area contributed by atoms with Crippen molar-refractivity contribution in [3.8, 4) is 33.4 Å². The maximum atomic E-state index is 6.78. The Labute approximate surface area is 302 Å². The van der Waals surface area contributed by atoms with Gasteiger partial charge in [-0.05, 0) is 63.2 Å². The molecule has 9 aromatic carbocycles. The lowest BCUT2D eigenvalue weighted by Gasteiger charge is -2.31. The minimum absolute atomic E-state index is 0.892. The Bertz CT molecular complexity index is 2900. The number of fused-ring (bicyclic) bond motifs is 5. The van der Waals surface area contributed by atoms with Crippen molar-refractivity contribution in [2.75, 3.05) is 4.90 Å². The van der Waals surface area contributed by atoms with Gasteiger partial charge in [0.2, 0.25) is 0 Å². The summed E-state index contributed by atoms with van der Waals surface area (Å²) in [6, 6.07) is 71.7. The van der Waals surface area contributed by atoms with Crippen LogP contribution in [0.1, 0.15) is 0 Å². The van der Waals surface area contributed by atoms with E-state index in [2.05, 4.69) is 205 Å². The Kier molecular flexibility index (Phi) is 7.18. The van der Waals surface area contributed by atoms with Crippen LogP contribution in [0.25, 0.3) is 76.9 Å². The topological polar surface area (TPSA) is 16.4 Å². The number of furan rings is 1. The molecule has 10 aromatic rings. The molecule has 0 saturated carbocycles. The Morgan fingerprint density at radius 3 is 1.63 bits per heavy atom. The Morgan fingerprint density at radius 1 is 0.308 bits per heavy atom. The third-order valence-electron chi connectivity index (χ3n) is 10.3. The fourth-order valence-electron chi connectivity index (χ4n) is 7.77. The lowest BCUT2D eigenvalue weighted by molar-refractivity contribution is 0.670. The van der Waals surface area contributed by atoms with E-state index < -0.39 is 0 Å². The SMILES string of the molecule is c1ccc(-c2ccc(-c3ccccc3N(c3ccccc3-c3cccc4c3oc3cc5ccccc5cc34)c3cccc4ccccc34)cc2)cc1. The molecule has 0 fully saturated rings. The molecule has 1 heterocycles. The summed E-state index contributed by atoms with van der Waals surface area (Å²) in [4.78, 5) is 2.44.